The molecule has 0 unspecified atom stereocenters. The molecule has 0 aliphatic carbocycles. The first-order valence-corrected chi connectivity index (χ1v) is 6.71. The molecule has 0 spiro atoms. The van der Waals surface area contributed by atoms with Crippen LogP contribution in [0, 0.1) is 0 Å². The number of carbonyl (C=O) groups is 2. The lowest BCUT2D eigenvalue weighted by atomic mass is 10.2. The Morgan fingerprint density at radius 1 is 1.00 bits per heavy atom. The zero-order valence-electron chi connectivity index (χ0n) is 11.8. The molecule has 2 aromatic carbocycles. The van der Waals surface area contributed by atoms with Gasteiger partial charge in [0.1, 0.15) is 6.61 Å². The van der Waals surface area contributed by atoms with Gasteiger partial charge in [-0.05, 0) is 29.8 Å². The first-order chi connectivity index (χ1) is 10.7. The van der Waals surface area contributed by atoms with Gasteiger partial charge in [0, 0.05) is 11.3 Å². The number of carbonyl (C=O) groups excluding carboxylic acids is 2. The van der Waals surface area contributed by atoms with Crippen molar-refractivity contribution in [1.82, 2.24) is 5.32 Å². The fraction of sp³-hybridized carbons (Fsp3) is 0.0588. The molecular weight excluding hydrogens is 280 g/mol. The van der Waals surface area contributed by atoms with E-state index in [1.165, 1.54) is 6.08 Å². The third-order valence-corrected chi connectivity index (χ3v) is 2.81. The number of amides is 3. The minimum Gasteiger partial charge on any atom is -0.308 e. The second-order valence-corrected chi connectivity index (χ2v) is 4.47. The average Bonchev–Trinajstić information content (AvgIpc) is 2.54. The summed E-state index contributed by atoms with van der Waals surface area (Å²) in [6, 6.07) is 14.8. The fourth-order valence-corrected chi connectivity index (χ4v) is 1.83. The molecule has 2 aromatic rings. The Morgan fingerprint density at radius 2 is 1.77 bits per heavy atom. The Hall–Kier alpha value is -2.92. The van der Waals surface area contributed by atoms with E-state index < -0.39 is 11.9 Å². The van der Waals surface area contributed by atoms with Crippen LogP contribution in [-0.4, -0.2) is 18.5 Å². The molecule has 5 nitrogen and oxygen atoms in total. The van der Waals surface area contributed by atoms with Crippen LogP contribution in [0.25, 0.3) is 6.08 Å². The maximum Gasteiger partial charge on any atom is 0.326 e. The summed E-state index contributed by atoms with van der Waals surface area (Å²) in [6.45, 7) is -0.302. The molecule has 0 saturated carbocycles. The second kappa shape index (κ2) is 7.75. The van der Waals surface area contributed by atoms with E-state index in [2.05, 4.69) is 10.6 Å². The predicted molar refractivity (Wildman–Crippen MR) is 84.0 cm³/mol. The number of nitrogens with one attached hydrogen (secondary N) is 2. The van der Waals surface area contributed by atoms with E-state index in [1.807, 2.05) is 6.07 Å². The van der Waals surface area contributed by atoms with Gasteiger partial charge in [-0.2, -0.15) is 0 Å². The molecule has 1 radical (unpaired) electrons. The Morgan fingerprint density at radius 3 is 2.50 bits per heavy atom. The maximum absolute atomic E-state index is 11.8. The summed E-state index contributed by atoms with van der Waals surface area (Å²) >= 11 is 0. The highest BCUT2D eigenvalue weighted by molar-refractivity contribution is 6.07. The Labute approximate surface area is 128 Å². The van der Waals surface area contributed by atoms with E-state index in [9.17, 15) is 14.7 Å². The number of hydrogen-bond acceptors (Lipinski definition) is 2. The molecule has 111 valence electrons. The van der Waals surface area contributed by atoms with E-state index in [4.69, 9.17) is 0 Å². The van der Waals surface area contributed by atoms with Crippen LogP contribution in [0.3, 0.4) is 0 Å². The van der Waals surface area contributed by atoms with Crippen LogP contribution in [0.4, 0.5) is 10.5 Å². The van der Waals surface area contributed by atoms with Gasteiger partial charge < -0.3 is 5.32 Å². The van der Waals surface area contributed by atoms with E-state index in [1.54, 1.807) is 54.6 Å². The van der Waals surface area contributed by atoms with Crippen LogP contribution < -0.4 is 10.6 Å². The molecule has 0 atom stereocenters. The molecule has 2 N–H and O–H groups in total. The number of anilines is 1. The summed E-state index contributed by atoms with van der Waals surface area (Å²) in [5.74, 6) is -0.472. The third kappa shape index (κ3) is 4.57. The van der Waals surface area contributed by atoms with Crippen LogP contribution in [0.15, 0.2) is 60.7 Å². The van der Waals surface area contributed by atoms with Crippen LogP contribution in [0.1, 0.15) is 15.9 Å². The number of imide groups is 1. The monoisotopic (exact) mass is 295 g/mol. The van der Waals surface area contributed by atoms with E-state index in [-0.39, 0.29) is 6.61 Å². The molecule has 0 heterocycles. The summed E-state index contributed by atoms with van der Waals surface area (Å²) in [5, 5.41) is 15.2. The summed E-state index contributed by atoms with van der Waals surface area (Å²) in [7, 11) is 0. The maximum atomic E-state index is 11.8. The summed E-state index contributed by atoms with van der Waals surface area (Å²) < 4.78 is 0. The van der Waals surface area contributed by atoms with Crippen molar-refractivity contribution < 1.29 is 14.7 Å². The lowest BCUT2D eigenvalue weighted by molar-refractivity contribution is 0.0967. The minimum atomic E-state index is -0.612. The fourth-order valence-electron chi connectivity index (χ4n) is 1.83. The van der Waals surface area contributed by atoms with Gasteiger partial charge in [-0.15, -0.1) is 0 Å². The average molecular weight is 295 g/mol. The smallest absolute Gasteiger partial charge is 0.308 e. The van der Waals surface area contributed by atoms with Gasteiger partial charge in [-0.3, -0.25) is 10.1 Å². The van der Waals surface area contributed by atoms with Gasteiger partial charge in [0.25, 0.3) is 5.91 Å². The zero-order chi connectivity index (χ0) is 15.8. The van der Waals surface area contributed by atoms with Crippen LogP contribution in [0.2, 0.25) is 0 Å². The summed E-state index contributed by atoms with van der Waals surface area (Å²) in [5.41, 5.74) is 1.74. The lowest BCUT2D eigenvalue weighted by Crippen LogP contribution is -2.34. The van der Waals surface area contributed by atoms with Crippen molar-refractivity contribution in [1.29, 1.82) is 0 Å². The number of hydrogen-bond donors (Lipinski definition) is 2. The van der Waals surface area contributed by atoms with Crippen LogP contribution >= 0.6 is 0 Å². The zero-order valence-corrected chi connectivity index (χ0v) is 11.8. The van der Waals surface area contributed by atoms with Gasteiger partial charge >= 0.3 is 6.03 Å². The van der Waals surface area contributed by atoms with Gasteiger partial charge in [-0.25, -0.2) is 9.90 Å². The number of benzene rings is 2. The van der Waals surface area contributed by atoms with Gasteiger partial charge in [0.2, 0.25) is 0 Å². The number of rotatable bonds is 4. The molecule has 5 heteroatoms. The van der Waals surface area contributed by atoms with Gasteiger partial charge in [-0.1, -0.05) is 42.5 Å². The third-order valence-electron chi connectivity index (χ3n) is 2.81. The molecule has 2 rings (SSSR count). The first-order valence-electron chi connectivity index (χ1n) is 6.71. The van der Waals surface area contributed by atoms with Crippen molar-refractivity contribution in [3.63, 3.8) is 0 Å². The highest BCUT2D eigenvalue weighted by Crippen LogP contribution is 2.12. The Kier molecular flexibility index (Phi) is 5.45. The van der Waals surface area contributed by atoms with Crippen molar-refractivity contribution in [3.8, 4) is 0 Å². The van der Waals surface area contributed by atoms with Crippen molar-refractivity contribution in [3.05, 3.63) is 71.8 Å². The normalized spacial score (nSPS) is 10.4. The van der Waals surface area contributed by atoms with Crippen molar-refractivity contribution in [2.75, 3.05) is 11.9 Å². The van der Waals surface area contributed by atoms with Gasteiger partial charge in [0.05, 0.1) is 0 Å². The van der Waals surface area contributed by atoms with Crippen molar-refractivity contribution >= 4 is 23.7 Å². The molecule has 0 aliphatic heterocycles. The molecule has 0 fully saturated rings. The predicted octanol–water partition coefficient (Wildman–Crippen LogP) is 3.09. The molecule has 0 bridgehead atoms. The van der Waals surface area contributed by atoms with Crippen LogP contribution in [-0.2, 0) is 5.11 Å². The molecular formula is C17H15N2O3. The number of urea groups is 1. The standard InChI is InChI=1S/C17H15N2O3/c20-11-5-7-13-6-4-10-15(12-13)18-17(22)19-16(21)14-8-2-1-3-9-14/h1-10,12H,11H2,(H2,18,19,21,22)/b7-5+. The topological polar surface area (TPSA) is 78.1 Å². The quantitative estimate of drug-likeness (QED) is 0.909. The Balaban J connectivity index is 1.97. The van der Waals surface area contributed by atoms with Crippen molar-refractivity contribution in [2.45, 2.75) is 0 Å². The molecule has 3 amide bonds. The van der Waals surface area contributed by atoms with E-state index in [0.717, 1.165) is 5.56 Å². The minimum absolute atomic E-state index is 0.302. The van der Waals surface area contributed by atoms with E-state index >= 15 is 0 Å². The molecule has 0 aromatic heterocycles. The van der Waals surface area contributed by atoms with Crippen LogP contribution in [0.5, 0.6) is 0 Å². The molecule has 22 heavy (non-hydrogen) atoms. The largest absolute Gasteiger partial charge is 0.326 e. The highest BCUT2D eigenvalue weighted by Gasteiger charge is 2.09. The lowest BCUT2D eigenvalue weighted by Gasteiger charge is -2.07. The van der Waals surface area contributed by atoms with Crippen molar-refractivity contribution in [2.24, 2.45) is 0 Å². The Bertz CT molecular complexity index is 681. The molecule has 0 saturated heterocycles. The highest BCUT2D eigenvalue weighted by atomic mass is 16.2. The van der Waals surface area contributed by atoms with E-state index in [0.29, 0.717) is 11.3 Å². The summed E-state index contributed by atoms with van der Waals surface area (Å²) in [6.07, 6.45) is 3.16. The SMILES string of the molecule is [O]C/C=C/c1cccc(NC(=O)NC(=O)c2ccccc2)c1. The van der Waals surface area contributed by atoms with Gasteiger partial charge in [0.15, 0.2) is 0 Å². The first kappa shape index (κ1) is 15.5. The second-order valence-electron chi connectivity index (χ2n) is 4.47. The summed E-state index contributed by atoms with van der Waals surface area (Å²) in [4.78, 5) is 23.6. The molecule has 0 aliphatic rings.